The number of ether oxygens (including phenoxy) is 1. The van der Waals surface area contributed by atoms with Crippen molar-refractivity contribution in [1.29, 1.82) is 0 Å². The summed E-state index contributed by atoms with van der Waals surface area (Å²) in [6.07, 6.45) is 0.663. The lowest BCUT2D eigenvalue weighted by molar-refractivity contribution is -0.0304. The summed E-state index contributed by atoms with van der Waals surface area (Å²) in [5.41, 5.74) is 4.86. The van der Waals surface area contributed by atoms with E-state index in [1.54, 1.807) is 0 Å². The van der Waals surface area contributed by atoms with Gasteiger partial charge in [0.15, 0.2) is 0 Å². The smallest absolute Gasteiger partial charge is 0.404 e. The molecule has 0 aromatic heterocycles. The highest BCUT2D eigenvalue weighted by Gasteiger charge is 2.29. The first kappa shape index (κ1) is 9.32. The number of amides is 1. The van der Waals surface area contributed by atoms with Crippen LogP contribution in [0.2, 0.25) is 0 Å². The third kappa shape index (κ3) is 2.37. The molecule has 70 valence electrons. The maximum absolute atomic E-state index is 10.4. The highest BCUT2D eigenvalue weighted by molar-refractivity contribution is 5.64. The van der Waals surface area contributed by atoms with Crippen molar-refractivity contribution in [3.63, 3.8) is 0 Å². The zero-order chi connectivity index (χ0) is 9.14. The van der Waals surface area contributed by atoms with E-state index in [1.165, 1.54) is 0 Å². The summed E-state index contributed by atoms with van der Waals surface area (Å²) in [5, 5.41) is 9.40. The van der Waals surface area contributed by atoms with E-state index in [-0.39, 0.29) is 0 Å². The van der Waals surface area contributed by atoms with Gasteiger partial charge in [-0.15, -0.1) is 0 Å². The number of carbonyl (C=O) groups excluding carboxylic acids is 1. The molecule has 0 saturated heterocycles. The van der Waals surface area contributed by atoms with Gasteiger partial charge in [-0.3, -0.25) is 0 Å². The minimum Gasteiger partial charge on any atom is -0.444 e. The Kier molecular flexibility index (Phi) is 2.92. The van der Waals surface area contributed by atoms with E-state index in [1.807, 2.05) is 0 Å². The Morgan fingerprint density at radius 2 is 2.25 bits per heavy atom. The van der Waals surface area contributed by atoms with Gasteiger partial charge in [0.05, 0.1) is 6.10 Å². The van der Waals surface area contributed by atoms with Gasteiger partial charge in [0, 0.05) is 0 Å². The highest BCUT2D eigenvalue weighted by Crippen LogP contribution is 2.25. The van der Waals surface area contributed by atoms with Crippen molar-refractivity contribution in [2.24, 2.45) is 11.7 Å². The first-order valence-electron chi connectivity index (χ1n) is 4.23. The molecule has 0 bridgehead atoms. The van der Waals surface area contributed by atoms with Gasteiger partial charge in [0.25, 0.3) is 0 Å². The topological polar surface area (TPSA) is 72.6 Å². The fraction of sp³-hybridized carbons (Fsp3) is 0.875. The average Bonchev–Trinajstić information content (AvgIpc) is 1.96. The molecule has 1 saturated carbocycles. The Morgan fingerprint density at radius 1 is 1.58 bits per heavy atom. The lowest BCUT2D eigenvalue weighted by Gasteiger charge is -2.30. The number of aliphatic hydroxyl groups excluding tert-OH is 1. The molecule has 4 nitrogen and oxygen atoms in total. The molecule has 12 heavy (non-hydrogen) atoms. The highest BCUT2D eigenvalue weighted by atomic mass is 16.6. The molecule has 0 heterocycles. The number of hydrogen-bond donors (Lipinski definition) is 2. The largest absolute Gasteiger partial charge is 0.444 e. The van der Waals surface area contributed by atoms with Crippen molar-refractivity contribution in [3.05, 3.63) is 0 Å². The fourth-order valence-electron chi connectivity index (χ4n) is 1.59. The average molecular weight is 173 g/mol. The van der Waals surface area contributed by atoms with Gasteiger partial charge in [-0.05, 0) is 25.2 Å². The number of aliphatic hydroxyl groups is 1. The minimum absolute atomic E-state index is 0.397. The van der Waals surface area contributed by atoms with Crippen LogP contribution in [0.25, 0.3) is 0 Å². The second kappa shape index (κ2) is 3.76. The molecule has 0 aromatic carbocycles. The SMILES string of the molecule is CC1CCC(O)C(OC(N)=O)C1. The summed E-state index contributed by atoms with van der Waals surface area (Å²) in [4.78, 5) is 10.4. The van der Waals surface area contributed by atoms with E-state index < -0.39 is 18.3 Å². The quantitative estimate of drug-likeness (QED) is 0.611. The molecule has 1 aliphatic carbocycles. The van der Waals surface area contributed by atoms with Crippen LogP contribution in [0.1, 0.15) is 26.2 Å². The van der Waals surface area contributed by atoms with Gasteiger partial charge in [0.2, 0.25) is 0 Å². The van der Waals surface area contributed by atoms with Crippen molar-refractivity contribution in [3.8, 4) is 0 Å². The molecular formula is C8H15NO3. The maximum atomic E-state index is 10.4. The van der Waals surface area contributed by atoms with Gasteiger partial charge in [-0.1, -0.05) is 6.92 Å². The summed E-state index contributed by atoms with van der Waals surface area (Å²) in [6.45, 7) is 2.07. The number of carbonyl (C=O) groups is 1. The van der Waals surface area contributed by atoms with E-state index in [0.29, 0.717) is 18.8 Å². The van der Waals surface area contributed by atoms with E-state index in [9.17, 15) is 9.90 Å². The molecule has 1 fully saturated rings. The van der Waals surface area contributed by atoms with Crippen LogP contribution in [0.4, 0.5) is 4.79 Å². The lowest BCUT2D eigenvalue weighted by Crippen LogP contribution is -2.38. The van der Waals surface area contributed by atoms with Crippen molar-refractivity contribution in [2.45, 2.75) is 38.4 Å². The Morgan fingerprint density at radius 3 is 2.83 bits per heavy atom. The summed E-state index contributed by atoms with van der Waals surface area (Å²) in [6, 6.07) is 0. The van der Waals surface area contributed by atoms with Crippen LogP contribution < -0.4 is 5.73 Å². The Labute approximate surface area is 71.7 Å². The Hall–Kier alpha value is -0.770. The normalized spacial score (nSPS) is 36.0. The molecular weight excluding hydrogens is 158 g/mol. The molecule has 1 amide bonds. The van der Waals surface area contributed by atoms with Crippen molar-refractivity contribution >= 4 is 6.09 Å². The molecule has 3 N–H and O–H groups in total. The van der Waals surface area contributed by atoms with Crippen LogP contribution in [0, 0.1) is 5.92 Å². The Bertz CT molecular complexity index is 172. The molecule has 0 aromatic rings. The maximum Gasteiger partial charge on any atom is 0.404 e. The lowest BCUT2D eigenvalue weighted by atomic mass is 9.87. The van der Waals surface area contributed by atoms with Crippen LogP contribution >= 0.6 is 0 Å². The molecule has 3 atom stereocenters. The first-order chi connectivity index (χ1) is 5.59. The van der Waals surface area contributed by atoms with Crippen LogP contribution in [0.3, 0.4) is 0 Å². The molecule has 3 unspecified atom stereocenters. The zero-order valence-corrected chi connectivity index (χ0v) is 7.19. The minimum atomic E-state index is -0.798. The predicted molar refractivity (Wildman–Crippen MR) is 43.5 cm³/mol. The summed E-state index contributed by atoms with van der Waals surface area (Å²) in [5.74, 6) is 0.498. The second-order valence-corrected chi connectivity index (χ2v) is 3.46. The van der Waals surface area contributed by atoms with Crippen molar-refractivity contribution in [1.82, 2.24) is 0 Å². The first-order valence-corrected chi connectivity index (χ1v) is 4.23. The Balaban J connectivity index is 2.43. The summed E-state index contributed by atoms with van der Waals surface area (Å²) in [7, 11) is 0. The number of primary amides is 1. The van der Waals surface area contributed by atoms with Crippen LogP contribution in [-0.2, 0) is 4.74 Å². The van der Waals surface area contributed by atoms with Gasteiger partial charge < -0.3 is 15.6 Å². The van der Waals surface area contributed by atoms with Crippen LogP contribution in [-0.4, -0.2) is 23.4 Å². The third-order valence-corrected chi connectivity index (χ3v) is 2.29. The zero-order valence-electron chi connectivity index (χ0n) is 7.19. The molecule has 0 aliphatic heterocycles. The van der Waals surface area contributed by atoms with Gasteiger partial charge in [-0.25, -0.2) is 4.79 Å². The molecule has 0 spiro atoms. The fourth-order valence-corrected chi connectivity index (χ4v) is 1.59. The van der Waals surface area contributed by atoms with Gasteiger partial charge >= 0.3 is 6.09 Å². The number of hydrogen-bond acceptors (Lipinski definition) is 3. The van der Waals surface area contributed by atoms with E-state index in [2.05, 4.69) is 6.92 Å². The van der Waals surface area contributed by atoms with Crippen molar-refractivity contribution in [2.75, 3.05) is 0 Å². The van der Waals surface area contributed by atoms with E-state index in [4.69, 9.17) is 10.5 Å². The van der Waals surface area contributed by atoms with E-state index >= 15 is 0 Å². The van der Waals surface area contributed by atoms with Gasteiger partial charge in [0.1, 0.15) is 6.10 Å². The van der Waals surface area contributed by atoms with Crippen LogP contribution in [0.15, 0.2) is 0 Å². The second-order valence-electron chi connectivity index (χ2n) is 3.46. The molecule has 0 radical (unpaired) electrons. The molecule has 4 heteroatoms. The van der Waals surface area contributed by atoms with E-state index in [0.717, 1.165) is 6.42 Å². The number of rotatable bonds is 1. The monoisotopic (exact) mass is 173 g/mol. The summed E-state index contributed by atoms with van der Waals surface area (Å²) >= 11 is 0. The summed E-state index contributed by atoms with van der Waals surface area (Å²) < 4.78 is 4.76. The van der Waals surface area contributed by atoms with Crippen molar-refractivity contribution < 1.29 is 14.6 Å². The van der Waals surface area contributed by atoms with Crippen LogP contribution in [0.5, 0.6) is 0 Å². The molecule has 1 aliphatic rings. The predicted octanol–water partition coefficient (Wildman–Crippen LogP) is 0.631. The third-order valence-electron chi connectivity index (χ3n) is 2.29. The number of nitrogens with two attached hydrogens (primary N) is 1. The molecule has 1 rings (SSSR count). The standard InChI is InChI=1S/C8H15NO3/c1-5-2-3-6(10)7(4-5)12-8(9)11/h5-7,10H,2-4H2,1H3,(H2,9,11). The van der Waals surface area contributed by atoms with Gasteiger partial charge in [-0.2, -0.15) is 0 Å².